The monoisotopic (exact) mass is 527 g/mol. The highest BCUT2D eigenvalue weighted by Gasteiger charge is 2.26. The Labute approximate surface area is 216 Å². The smallest absolute Gasteiger partial charge is 0.335 e. The number of halogens is 1. The molecule has 0 atom stereocenters. The largest absolute Gasteiger partial charge is 0.478 e. The Bertz CT molecular complexity index is 1420. The Balaban J connectivity index is 1.43. The fourth-order valence-corrected chi connectivity index (χ4v) is 5.51. The number of aromatic nitrogens is 3. The van der Waals surface area contributed by atoms with Gasteiger partial charge in [0.2, 0.25) is 0 Å². The second kappa shape index (κ2) is 10.0. The molecule has 36 heavy (non-hydrogen) atoms. The molecule has 5 rings (SSSR count). The van der Waals surface area contributed by atoms with E-state index in [0.717, 1.165) is 30.8 Å². The zero-order valence-corrected chi connectivity index (χ0v) is 21.5. The second-order valence-electron chi connectivity index (χ2n) is 9.19. The summed E-state index contributed by atoms with van der Waals surface area (Å²) in [6.07, 6.45) is 1.73. The van der Waals surface area contributed by atoms with E-state index in [1.165, 1.54) is 23.5 Å². The molecule has 1 aliphatic heterocycles. The van der Waals surface area contributed by atoms with Crippen LogP contribution in [0.5, 0.6) is 0 Å². The van der Waals surface area contributed by atoms with Crippen LogP contribution in [0, 0.1) is 0 Å². The number of rotatable bonds is 7. The van der Waals surface area contributed by atoms with Crippen LogP contribution in [0.2, 0.25) is 4.34 Å². The Morgan fingerprint density at radius 1 is 1.22 bits per heavy atom. The van der Waals surface area contributed by atoms with E-state index < -0.39 is 5.97 Å². The Hall–Kier alpha value is -3.21. The zero-order valence-electron chi connectivity index (χ0n) is 19.9. The van der Waals surface area contributed by atoms with Gasteiger partial charge in [0, 0.05) is 31.2 Å². The van der Waals surface area contributed by atoms with E-state index in [1.54, 1.807) is 16.7 Å². The van der Waals surface area contributed by atoms with Gasteiger partial charge in [-0.2, -0.15) is 0 Å². The highest BCUT2D eigenvalue weighted by atomic mass is 35.5. The highest BCUT2D eigenvalue weighted by molar-refractivity contribution is 7.19. The number of benzene rings is 1. The van der Waals surface area contributed by atoms with Gasteiger partial charge in [0.1, 0.15) is 5.69 Å². The van der Waals surface area contributed by atoms with E-state index in [2.05, 4.69) is 34.2 Å². The summed E-state index contributed by atoms with van der Waals surface area (Å²) < 4.78 is 7.91. The van der Waals surface area contributed by atoms with Gasteiger partial charge in [0.25, 0.3) is 5.91 Å². The fraction of sp³-hybridized carbons (Fsp3) is 0.360. The van der Waals surface area contributed by atoms with Crippen molar-refractivity contribution in [2.45, 2.75) is 45.3 Å². The van der Waals surface area contributed by atoms with E-state index in [0.29, 0.717) is 32.9 Å². The number of carboxylic acids is 1. The zero-order chi connectivity index (χ0) is 25.4. The van der Waals surface area contributed by atoms with Crippen LogP contribution in [-0.4, -0.2) is 61.8 Å². The molecule has 9 nitrogen and oxygen atoms in total. The van der Waals surface area contributed by atoms with E-state index in [4.69, 9.17) is 16.1 Å². The van der Waals surface area contributed by atoms with Crippen LogP contribution in [0.1, 0.15) is 53.4 Å². The molecule has 0 unspecified atom stereocenters. The normalized spacial score (nSPS) is 15.1. The molecule has 2 N–H and O–H groups in total. The van der Waals surface area contributed by atoms with Crippen molar-refractivity contribution in [2.75, 3.05) is 13.1 Å². The minimum atomic E-state index is -1.05. The third kappa shape index (κ3) is 5.02. The standard InChI is InChI=1S/C25H26ClN5O4S/c1-14(2)30-9-7-16(8-10-30)27-24(32)23-28-18-11-15(25(33)34)3-4-19(18)31(23)13-17-12-20(35-29-17)21-5-6-22(26)36-21/h3-6,11-12,14,16H,7-10,13H2,1-2H3,(H,27,32)(H,33,34). The van der Waals surface area contributed by atoms with Crippen LogP contribution < -0.4 is 5.32 Å². The predicted molar refractivity (Wildman–Crippen MR) is 138 cm³/mol. The van der Waals surface area contributed by atoms with Gasteiger partial charge in [-0.05, 0) is 57.0 Å². The second-order valence-corrected chi connectivity index (χ2v) is 10.9. The van der Waals surface area contributed by atoms with Gasteiger partial charge in [-0.3, -0.25) is 4.79 Å². The van der Waals surface area contributed by atoms with Crippen LogP contribution >= 0.6 is 22.9 Å². The van der Waals surface area contributed by atoms with E-state index in [9.17, 15) is 14.7 Å². The van der Waals surface area contributed by atoms with Crippen LogP contribution in [0.3, 0.4) is 0 Å². The maximum atomic E-state index is 13.4. The minimum absolute atomic E-state index is 0.0533. The first-order valence-corrected chi connectivity index (χ1v) is 13.0. The molecule has 1 fully saturated rings. The van der Waals surface area contributed by atoms with Gasteiger partial charge in [-0.25, -0.2) is 9.78 Å². The van der Waals surface area contributed by atoms with Gasteiger partial charge in [-0.1, -0.05) is 16.8 Å². The van der Waals surface area contributed by atoms with Gasteiger partial charge in [0.05, 0.1) is 32.4 Å². The number of nitrogens with zero attached hydrogens (tertiary/aromatic N) is 4. The summed E-state index contributed by atoms with van der Waals surface area (Å²) in [7, 11) is 0. The molecule has 1 amide bonds. The van der Waals surface area contributed by atoms with Crippen molar-refractivity contribution in [1.82, 2.24) is 24.9 Å². The number of carboxylic acid groups (broad SMARTS) is 1. The maximum Gasteiger partial charge on any atom is 0.335 e. The number of thiophene rings is 1. The van der Waals surface area contributed by atoms with Gasteiger partial charge < -0.3 is 24.4 Å². The number of imidazole rings is 1. The Kier molecular flexibility index (Phi) is 6.83. The molecule has 3 aromatic heterocycles. The molecule has 11 heteroatoms. The number of hydrogen-bond acceptors (Lipinski definition) is 7. The highest BCUT2D eigenvalue weighted by Crippen LogP contribution is 2.31. The lowest BCUT2D eigenvalue weighted by Crippen LogP contribution is -2.47. The summed E-state index contributed by atoms with van der Waals surface area (Å²) in [6, 6.07) is 10.7. The SMILES string of the molecule is CC(C)N1CCC(NC(=O)c2nc3cc(C(=O)O)ccc3n2Cc2cc(-c3ccc(Cl)s3)on2)CC1. The number of carbonyl (C=O) groups excluding carboxylic acids is 1. The molecule has 4 aromatic rings. The van der Waals surface area contributed by atoms with Gasteiger partial charge >= 0.3 is 5.97 Å². The molecule has 1 aromatic carbocycles. The molecule has 0 saturated carbocycles. The fourth-order valence-electron chi connectivity index (χ4n) is 4.52. The first kappa shape index (κ1) is 24.5. The number of carbonyl (C=O) groups is 2. The molecule has 0 radical (unpaired) electrons. The van der Waals surface area contributed by atoms with Crippen LogP contribution in [0.25, 0.3) is 21.7 Å². The third-order valence-corrected chi connectivity index (χ3v) is 7.73. The molecule has 0 spiro atoms. The van der Waals surface area contributed by atoms with Crippen LogP contribution in [0.15, 0.2) is 40.9 Å². The Morgan fingerprint density at radius 2 is 2.00 bits per heavy atom. The lowest BCUT2D eigenvalue weighted by atomic mass is 10.0. The van der Waals surface area contributed by atoms with Crippen molar-refractivity contribution < 1.29 is 19.2 Å². The number of likely N-dealkylation sites (tertiary alicyclic amines) is 1. The summed E-state index contributed by atoms with van der Waals surface area (Å²) >= 11 is 7.43. The number of aromatic carboxylic acids is 1. The molecule has 0 bridgehead atoms. The maximum absolute atomic E-state index is 13.4. The minimum Gasteiger partial charge on any atom is -0.478 e. The summed E-state index contributed by atoms with van der Waals surface area (Å²) in [5, 5.41) is 16.7. The number of fused-ring (bicyclic) bond motifs is 1. The summed E-state index contributed by atoms with van der Waals surface area (Å²) in [5.41, 5.74) is 1.79. The summed E-state index contributed by atoms with van der Waals surface area (Å²) in [5.74, 6) is -0.546. The van der Waals surface area contributed by atoms with Crippen molar-refractivity contribution in [1.29, 1.82) is 0 Å². The quantitative estimate of drug-likeness (QED) is 0.356. The van der Waals surface area contributed by atoms with Crippen LogP contribution in [-0.2, 0) is 6.54 Å². The molecular formula is C25H26ClN5O4S. The molecular weight excluding hydrogens is 502 g/mol. The number of amides is 1. The molecule has 0 aliphatic carbocycles. The third-order valence-electron chi connectivity index (χ3n) is 6.49. The topological polar surface area (TPSA) is 113 Å². The number of nitrogens with one attached hydrogen (secondary N) is 1. The summed E-state index contributed by atoms with van der Waals surface area (Å²) in [6.45, 7) is 6.44. The van der Waals surface area contributed by atoms with Crippen molar-refractivity contribution in [2.24, 2.45) is 0 Å². The predicted octanol–water partition coefficient (Wildman–Crippen LogP) is 4.76. The van der Waals surface area contributed by atoms with E-state index in [-0.39, 0.29) is 29.9 Å². The van der Waals surface area contributed by atoms with Crippen molar-refractivity contribution in [3.63, 3.8) is 0 Å². The Morgan fingerprint density at radius 3 is 2.67 bits per heavy atom. The first-order valence-electron chi connectivity index (χ1n) is 11.8. The molecule has 188 valence electrons. The number of hydrogen-bond donors (Lipinski definition) is 2. The molecule has 1 aliphatic rings. The van der Waals surface area contributed by atoms with E-state index >= 15 is 0 Å². The van der Waals surface area contributed by atoms with Gasteiger partial charge in [0.15, 0.2) is 11.6 Å². The number of piperidine rings is 1. The molecule has 4 heterocycles. The molecule has 1 saturated heterocycles. The lowest BCUT2D eigenvalue weighted by Gasteiger charge is -2.34. The van der Waals surface area contributed by atoms with Crippen molar-refractivity contribution >= 4 is 45.8 Å². The van der Waals surface area contributed by atoms with E-state index in [1.807, 2.05) is 12.1 Å². The first-order chi connectivity index (χ1) is 17.3. The average Bonchev–Trinajstić information content (AvgIpc) is 3.58. The van der Waals surface area contributed by atoms with Gasteiger partial charge in [-0.15, -0.1) is 11.3 Å². The summed E-state index contributed by atoms with van der Waals surface area (Å²) in [4.78, 5) is 32.6. The van der Waals surface area contributed by atoms with Crippen molar-refractivity contribution in [3.05, 3.63) is 57.8 Å². The lowest BCUT2D eigenvalue weighted by molar-refractivity contribution is 0.0696. The van der Waals surface area contributed by atoms with Crippen LogP contribution in [0.4, 0.5) is 0 Å². The average molecular weight is 528 g/mol. The van der Waals surface area contributed by atoms with Crippen molar-refractivity contribution in [3.8, 4) is 10.6 Å².